The van der Waals surface area contributed by atoms with Crippen molar-refractivity contribution in [1.29, 1.82) is 0 Å². The summed E-state index contributed by atoms with van der Waals surface area (Å²) >= 11 is 0. The maximum Gasteiger partial charge on any atom is 0.330 e. The van der Waals surface area contributed by atoms with Crippen LogP contribution in [0.3, 0.4) is 0 Å². The van der Waals surface area contributed by atoms with E-state index in [4.69, 9.17) is 9.84 Å². The molecular weight excluding hydrogens is 320 g/mol. The zero-order valence-electron chi connectivity index (χ0n) is 14.9. The fourth-order valence-corrected chi connectivity index (χ4v) is 2.10. The number of hydrogen-bond acceptors (Lipinski definition) is 4. The quantitative estimate of drug-likeness (QED) is 0.369. The van der Waals surface area contributed by atoms with E-state index in [2.05, 4.69) is 4.74 Å². The van der Waals surface area contributed by atoms with E-state index in [9.17, 15) is 9.59 Å². The van der Waals surface area contributed by atoms with Crippen LogP contribution < -0.4 is 4.74 Å². The van der Waals surface area contributed by atoms with Crippen LogP contribution in [-0.4, -0.2) is 30.8 Å². The van der Waals surface area contributed by atoms with Gasteiger partial charge in [0.15, 0.2) is 0 Å². The molecule has 0 atom stereocenters. The van der Waals surface area contributed by atoms with Crippen LogP contribution in [0.25, 0.3) is 6.08 Å². The lowest BCUT2D eigenvalue weighted by Gasteiger charge is -2.06. The smallest absolute Gasteiger partial charge is 0.330 e. The first-order chi connectivity index (χ1) is 12.0. The number of unbranched alkanes of at least 4 members (excludes halogenated alkanes) is 4. The second-order valence-electron chi connectivity index (χ2n) is 5.67. The predicted octanol–water partition coefficient (Wildman–Crippen LogP) is 4.23. The third-order valence-corrected chi connectivity index (χ3v) is 3.65. The Kier molecular flexibility index (Phi) is 9.75. The summed E-state index contributed by atoms with van der Waals surface area (Å²) in [4.78, 5) is 21.7. The summed E-state index contributed by atoms with van der Waals surface area (Å²) in [6.45, 7) is 2.27. The van der Waals surface area contributed by atoms with Gasteiger partial charge in [-0.1, -0.05) is 31.1 Å². The fourth-order valence-electron chi connectivity index (χ4n) is 2.10. The molecular formula is C20H26O5. The first-order valence-electron chi connectivity index (χ1n) is 8.42. The van der Waals surface area contributed by atoms with Gasteiger partial charge in [0, 0.05) is 11.6 Å². The molecule has 1 aromatic carbocycles. The molecule has 0 aliphatic rings. The third-order valence-electron chi connectivity index (χ3n) is 3.65. The van der Waals surface area contributed by atoms with Crippen LogP contribution in [0.5, 0.6) is 5.75 Å². The number of rotatable bonds is 11. The van der Waals surface area contributed by atoms with Crippen LogP contribution in [0.15, 0.2) is 42.0 Å². The molecule has 0 radical (unpaired) electrons. The van der Waals surface area contributed by atoms with Crippen molar-refractivity contribution in [3.8, 4) is 5.75 Å². The summed E-state index contributed by atoms with van der Waals surface area (Å²) in [6.07, 6.45) is 9.72. The Morgan fingerprint density at radius 1 is 1.08 bits per heavy atom. The zero-order chi connectivity index (χ0) is 18.5. The summed E-state index contributed by atoms with van der Waals surface area (Å²) in [7, 11) is 1.34. The lowest BCUT2D eigenvalue weighted by molar-refractivity contribution is -0.135. The highest BCUT2D eigenvalue weighted by atomic mass is 16.5. The number of ether oxygens (including phenoxy) is 2. The molecule has 0 fully saturated rings. The van der Waals surface area contributed by atoms with Gasteiger partial charge >= 0.3 is 11.9 Å². The summed E-state index contributed by atoms with van der Waals surface area (Å²) < 4.78 is 10.2. The van der Waals surface area contributed by atoms with E-state index >= 15 is 0 Å². The van der Waals surface area contributed by atoms with Crippen molar-refractivity contribution in [2.45, 2.75) is 39.0 Å². The summed E-state index contributed by atoms with van der Waals surface area (Å²) in [6, 6.07) is 7.50. The average Bonchev–Trinajstić information content (AvgIpc) is 2.62. The van der Waals surface area contributed by atoms with Crippen molar-refractivity contribution in [1.82, 2.24) is 0 Å². The van der Waals surface area contributed by atoms with Crippen molar-refractivity contribution < 1.29 is 24.2 Å². The molecule has 0 heterocycles. The Morgan fingerprint density at radius 2 is 1.76 bits per heavy atom. The van der Waals surface area contributed by atoms with E-state index in [1.54, 1.807) is 19.1 Å². The number of carbonyl (C=O) groups excluding carboxylic acids is 1. The van der Waals surface area contributed by atoms with Crippen molar-refractivity contribution >= 4 is 18.0 Å². The number of methoxy groups -OCH3 is 1. The molecule has 0 aromatic heterocycles. The molecule has 0 bridgehead atoms. The van der Waals surface area contributed by atoms with E-state index in [-0.39, 0.29) is 5.97 Å². The van der Waals surface area contributed by atoms with Gasteiger partial charge in [0.2, 0.25) is 0 Å². The number of allylic oxidation sites excluding steroid dienone is 1. The largest absolute Gasteiger partial charge is 0.494 e. The van der Waals surface area contributed by atoms with Gasteiger partial charge in [0.05, 0.1) is 13.7 Å². The number of carboxylic acid groups (broad SMARTS) is 1. The van der Waals surface area contributed by atoms with Crippen LogP contribution in [-0.2, 0) is 14.3 Å². The van der Waals surface area contributed by atoms with Gasteiger partial charge in [-0.2, -0.15) is 0 Å². The number of benzene rings is 1. The average molecular weight is 346 g/mol. The highest BCUT2D eigenvalue weighted by molar-refractivity contribution is 5.87. The molecule has 136 valence electrons. The molecule has 0 aliphatic carbocycles. The standard InChI is InChI=1S/C20H26O5/c1-16(20(22)23)8-6-4-3-5-7-15-25-18-12-9-17(10-13-18)11-14-19(21)24-2/h8-14H,3-7,15H2,1-2H3,(H,22,23). The van der Waals surface area contributed by atoms with Gasteiger partial charge in [-0.3, -0.25) is 0 Å². The number of aliphatic carboxylic acids is 1. The third kappa shape index (κ3) is 9.35. The Morgan fingerprint density at radius 3 is 2.40 bits per heavy atom. The first kappa shape index (κ1) is 20.5. The second kappa shape index (κ2) is 11.9. The maximum absolute atomic E-state index is 11.0. The normalized spacial score (nSPS) is 11.5. The molecule has 5 nitrogen and oxygen atoms in total. The van der Waals surface area contributed by atoms with Gasteiger partial charge < -0.3 is 14.6 Å². The Labute approximate surface area is 149 Å². The number of hydrogen-bond donors (Lipinski definition) is 1. The summed E-state index contributed by atoms with van der Waals surface area (Å²) in [5.74, 6) is -0.427. The van der Waals surface area contributed by atoms with Crippen molar-refractivity contribution in [3.05, 3.63) is 47.6 Å². The summed E-state index contributed by atoms with van der Waals surface area (Å²) in [5, 5.41) is 8.74. The minimum atomic E-state index is -0.847. The molecule has 0 spiro atoms. The SMILES string of the molecule is COC(=O)C=Cc1ccc(OCCCCCCC=C(C)C(=O)O)cc1. The van der Waals surface area contributed by atoms with E-state index in [1.807, 2.05) is 24.3 Å². The van der Waals surface area contributed by atoms with Gasteiger partial charge in [0.1, 0.15) is 5.75 Å². The number of esters is 1. The molecule has 0 unspecified atom stereocenters. The Balaban J connectivity index is 2.16. The van der Waals surface area contributed by atoms with Gasteiger partial charge in [-0.05, 0) is 50.0 Å². The molecule has 0 saturated carbocycles. The maximum atomic E-state index is 11.0. The minimum Gasteiger partial charge on any atom is -0.494 e. The number of carboxylic acids is 1. The molecule has 1 rings (SSSR count). The first-order valence-corrected chi connectivity index (χ1v) is 8.42. The molecule has 0 amide bonds. The summed E-state index contributed by atoms with van der Waals surface area (Å²) in [5.41, 5.74) is 1.32. The fraction of sp³-hybridized carbons (Fsp3) is 0.400. The van der Waals surface area contributed by atoms with Gasteiger partial charge in [-0.25, -0.2) is 9.59 Å². The van der Waals surface area contributed by atoms with Gasteiger partial charge in [0.25, 0.3) is 0 Å². The van der Waals surface area contributed by atoms with Crippen LogP contribution in [0, 0.1) is 0 Å². The topological polar surface area (TPSA) is 72.8 Å². The predicted molar refractivity (Wildman–Crippen MR) is 97.5 cm³/mol. The minimum absolute atomic E-state index is 0.381. The van der Waals surface area contributed by atoms with Crippen molar-refractivity contribution in [3.63, 3.8) is 0 Å². The Hall–Kier alpha value is -2.56. The molecule has 25 heavy (non-hydrogen) atoms. The van der Waals surface area contributed by atoms with E-state index in [1.165, 1.54) is 13.2 Å². The lowest BCUT2D eigenvalue weighted by Crippen LogP contribution is -1.97. The van der Waals surface area contributed by atoms with Crippen molar-refractivity contribution in [2.75, 3.05) is 13.7 Å². The van der Waals surface area contributed by atoms with Crippen LogP contribution in [0.2, 0.25) is 0 Å². The number of carbonyl (C=O) groups is 2. The van der Waals surface area contributed by atoms with E-state index < -0.39 is 5.97 Å². The van der Waals surface area contributed by atoms with Crippen molar-refractivity contribution in [2.24, 2.45) is 0 Å². The highest BCUT2D eigenvalue weighted by Gasteiger charge is 1.98. The second-order valence-corrected chi connectivity index (χ2v) is 5.67. The zero-order valence-corrected chi connectivity index (χ0v) is 14.9. The lowest BCUT2D eigenvalue weighted by atomic mass is 10.1. The van der Waals surface area contributed by atoms with E-state index in [0.29, 0.717) is 12.2 Å². The van der Waals surface area contributed by atoms with E-state index in [0.717, 1.165) is 43.4 Å². The molecule has 1 aromatic rings. The van der Waals surface area contributed by atoms with Crippen LogP contribution >= 0.6 is 0 Å². The molecule has 5 heteroatoms. The molecule has 1 N–H and O–H groups in total. The monoisotopic (exact) mass is 346 g/mol. The highest BCUT2D eigenvalue weighted by Crippen LogP contribution is 2.14. The molecule has 0 saturated heterocycles. The molecule has 0 aliphatic heterocycles. The Bertz CT molecular complexity index is 599. The van der Waals surface area contributed by atoms with Crippen LogP contribution in [0.1, 0.15) is 44.6 Å². The van der Waals surface area contributed by atoms with Crippen LogP contribution in [0.4, 0.5) is 0 Å². The van der Waals surface area contributed by atoms with Gasteiger partial charge in [-0.15, -0.1) is 0 Å².